The van der Waals surface area contributed by atoms with E-state index >= 15 is 0 Å². The largest absolute Gasteiger partial charge is 0.497 e. The number of benzene rings is 2. The van der Waals surface area contributed by atoms with Crippen molar-refractivity contribution in [3.05, 3.63) is 57.8 Å². The molecular formula is C14H11BrF3NO. The molecule has 0 atom stereocenters. The second-order valence-electron chi connectivity index (χ2n) is 4.06. The van der Waals surface area contributed by atoms with Crippen LogP contribution in [-0.4, -0.2) is 7.11 Å². The minimum Gasteiger partial charge on any atom is -0.497 e. The molecule has 2 nitrogen and oxygen atoms in total. The fraction of sp³-hybridized carbons (Fsp3) is 0.143. The van der Waals surface area contributed by atoms with Crippen LogP contribution >= 0.6 is 15.9 Å². The number of halogens is 4. The predicted molar refractivity (Wildman–Crippen MR) is 74.3 cm³/mol. The van der Waals surface area contributed by atoms with E-state index in [1.807, 2.05) is 0 Å². The normalized spacial score (nSPS) is 10.4. The van der Waals surface area contributed by atoms with Crippen LogP contribution in [0.4, 0.5) is 18.9 Å². The molecule has 0 saturated heterocycles. The zero-order valence-corrected chi connectivity index (χ0v) is 12.1. The van der Waals surface area contributed by atoms with E-state index in [1.54, 1.807) is 6.07 Å². The van der Waals surface area contributed by atoms with E-state index in [4.69, 9.17) is 4.74 Å². The number of hydrogen-bond acceptors (Lipinski definition) is 2. The molecular weight excluding hydrogens is 335 g/mol. The molecule has 0 amide bonds. The molecule has 1 N–H and O–H groups in total. The van der Waals surface area contributed by atoms with Crippen molar-refractivity contribution in [1.82, 2.24) is 0 Å². The Kier molecular flexibility index (Phi) is 4.54. The van der Waals surface area contributed by atoms with Gasteiger partial charge >= 0.3 is 0 Å². The minimum atomic E-state index is -0.618. The van der Waals surface area contributed by atoms with Crippen LogP contribution in [0, 0.1) is 17.5 Å². The third-order valence-corrected chi connectivity index (χ3v) is 3.35. The summed E-state index contributed by atoms with van der Waals surface area (Å²) in [6.07, 6.45) is 0. The summed E-state index contributed by atoms with van der Waals surface area (Å²) < 4.78 is 45.5. The summed E-state index contributed by atoms with van der Waals surface area (Å²) in [4.78, 5) is 0. The fourth-order valence-corrected chi connectivity index (χ4v) is 1.96. The maximum Gasteiger partial charge on any atom is 0.147 e. The Bertz CT molecular complexity index is 634. The second kappa shape index (κ2) is 6.17. The van der Waals surface area contributed by atoms with Gasteiger partial charge in [0.05, 0.1) is 17.3 Å². The van der Waals surface area contributed by atoms with Gasteiger partial charge in [0.15, 0.2) is 0 Å². The molecule has 0 aliphatic carbocycles. The van der Waals surface area contributed by atoms with Crippen LogP contribution < -0.4 is 10.1 Å². The van der Waals surface area contributed by atoms with Crippen LogP contribution in [0.1, 0.15) is 5.56 Å². The number of ether oxygens (including phenoxy) is 1. The second-order valence-corrected chi connectivity index (χ2v) is 4.91. The molecule has 0 radical (unpaired) electrons. The van der Waals surface area contributed by atoms with E-state index in [-0.39, 0.29) is 16.7 Å². The highest BCUT2D eigenvalue weighted by atomic mass is 79.9. The molecule has 0 saturated carbocycles. The molecule has 6 heteroatoms. The summed E-state index contributed by atoms with van der Waals surface area (Å²) in [6.45, 7) is 0.0355. The average Bonchev–Trinajstić information content (AvgIpc) is 2.42. The smallest absolute Gasteiger partial charge is 0.147 e. The van der Waals surface area contributed by atoms with E-state index in [2.05, 4.69) is 21.2 Å². The third-order valence-electron chi connectivity index (χ3n) is 2.74. The Hall–Kier alpha value is -1.69. The van der Waals surface area contributed by atoms with Gasteiger partial charge in [-0.05, 0) is 28.1 Å². The fourth-order valence-electron chi connectivity index (χ4n) is 1.65. The van der Waals surface area contributed by atoms with Crippen molar-refractivity contribution in [1.29, 1.82) is 0 Å². The van der Waals surface area contributed by atoms with Gasteiger partial charge in [-0.25, -0.2) is 13.2 Å². The number of anilines is 1. The Balaban J connectivity index is 2.15. The first-order valence-electron chi connectivity index (χ1n) is 5.72. The van der Waals surface area contributed by atoms with Gasteiger partial charge in [-0.2, -0.15) is 0 Å². The van der Waals surface area contributed by atoms with Crippen LogP contribution in [0.5, 0.6) is 5.75 Å². The lowest BCUT2D eigenvalue weighted by Gasteiger charge is -2.10. The molecule has 0 aromatic heterocycles. The Labute approximate surface area is 122 Å². The van der Waals surface area contributed by atoms with E-state index < -0.39 is 17.5 Å². The maximum atomic E-state index is 13.7. The summed E-state index contributed by atoms with van der Waals surface area (Å²) in [6, 6.07) is 6.38. The quantitative estimate of drug-likeness (QED) is 0.824. The molecule has 0 unspecified atom stereocenters. The topological polar surface area (TPSA) is 21.3 Å². The van der Waals surface area contributed by atoms with Gasteiger partial charge in [-0.15, -0.1) is 0 Å². The summed E-state index contributed by atoms with van der Waals surface area (Å²) >= 11 is 2.89. The van der Waals surface area contributed by atoms with Crippen LogP contribution in [0.3, 0.4) is 0 Å². The van der Waals surface area contributed by atoms with Crippen LogP contribution in [-0.2, 0) is 6.54 Å². The first kappa shape index (κ1) is 14.7. The zero-order valence-electron chi connectivity index (χ0n) is 10.5. The van der Waals surface area contributed by atoms with Crippen molar-refractivity contribution in [2.45, 2.75) is 6.54 Å². The monoisotopic (exact) mass is 345 g/mol. The molecule has 20 heavy (non-hydrogen) atoms. The first-order chi connectivity index (χ1) is 9.51. The molecule has 0 fully saturated rings. The first-order valence-corrected chi connectivity index (χ1v) is 6.51. The van der Waals surface area contributed by atoms with Gasteiger partial charge in [0.1, 0.15) is 23.2 Å². The number of methoxy groups -OCH3 is 1. The third kappa shape index (κ3) is 3.25. The van der Waals surface area contributed by atoms with Gasteiger partial charge in [-0.1, -0.05) is 6.07 Å². The van der Waals surface area contributed by atoms with Crippen molar-refractivity contribution >= 4 is 21.6 Å². The summed E-state index contributed by atoms with van der Waals surface area (Å²) in [5.74, 6) is -1.29. The van der Waals surface area contributed by atoms with E-state index in [1.165, 1.54) is 19.2 Å². The number of hydrogen-bond donors (Lipinski definition) is 1. The van der Waals surface area contributed by atoms with Crippen molar-refractivity contribution in [2.75, 3.05) is 12.4 Å². The lowest BCUT2D eigenvalue weighted by Crippen LogP contribution is -2.04. The predicted octanol–water partition coefficient (Wildman–Crippen LogP) is 4.49. The molecule has 2 aromatic rings. The van der Waals surface area contributed by atoms with E-state index in [9.17, 15) is 13.2 Å². The lowest BCUT2D eigenvalue weighted by molar-refractivity contribution is 0.411. The van der Waals surface area contributed by atoms with Crippen molar-refractivity contribution < 1.29 is 17.9 Å². The highest BCUT2D eigenvalue weighted by Crippen LogP contribution is 2.24. The summed E-state index contributed by atoms with van der Waals surface area (Å²) in [7, 11) is 1.44. The molecule has 2 aromatic carbocycles. The van der Waals surface area contributed by atoms with Crippen molar-refractivity contribution in [2.24, 2.45) is 0 Å². The van der Waals surface area contributed by atoms with Gasteiger partial charge < -0.3 is 10.1 Å². The Morgan fingerprint density at radius 2 is 1.80 bits per heavy atom. The van der Waals surface area contributed by atoms with E-state index in [0.29, 0.717) is 11.3 Å². The number of nitrogens with one attached hydrogen (secondary N) is 1. The molecule has 0 bridgehead atoms. The minimum absolute atomic E-state index is 0.0269. The standard InChI is InChI=1S/C14H11BrF3NO/c1-20-9-3-2-8(11(16)4-9)7-19-14-6-12(17)10(15)5-13(14)18/h2-6,19H,7H2,1H3. The van der Waals surface area contributed by atoms with Crippen LogP contribution in [0.15, 0.2) is 34.8 Å². The van der Waals surface area contributed by atoms with Crippen LogP contribution in [0.25, 0.3) is 0 Å². The van der Waals surface area contributed by atoms with Gasteiger partial charge in [0.2, 0.25) is 0 Å². The SMILES string of the molecule is COc1ccc(CNc2cc(F)c(Br)cc2F)c(F)c1. The molecule has 106 valence electrons. The van der Waals surface area contributed by atoms with Gasteiger partial charge in [0.25, 0.3) is 0 Å². The molecule has 0 aliphatic rings. The Morgan fingerprint density at radius 1 is 1.05 bits per heavy atom. The van der Waals surface area contributed by atoms with Crippen molar-refractivity contribution in [3.63, 3.8) is 0 Å². The highest BCUT2D eigenvalue weighted by Gasteiger charge is 2.09. The van der Waals surface area contributed by atoms with Crippen molar-refractivity contribution in [3.8, 4) is 5.75 Å². The Morgan fingerprint density at radius 3 is 2.45 bits per heavy atom. The van der Waals surface area contributed by atoms with Crippen LogP contribution in [0.2, 0.25) is 0 Å². The average molecular weight is 346 g/mol. The highest BCUT2D eigenvalue weighted by molar-refractivity contribution is 9.10. The summed E-state index contributed by atoms with van der Waals surface area (Å²) in [5, 5.41) is 2.66. The molecule has 0 spiro atoms. The lowest BCUT2D eigenvalue weighted by atomic mass is 10.2. The number of rotatable bonds is 4. The van der Waals surface area contributed by atoms with Gasteiger partial charge in [-0.3, -0.25) is 0 Å². The molecule has 0 heterocycles. The molecule has 0 aliphatic heterocycles. The zero-order chi connectivity index (χ0) is 14.7. The van der Waals surface area contributed by atoms with Gasteiger partial charge in [0, 0.05) is 24.2 Å². The van der Waals surface area contributed by atoms with E-state index in [0.717, 1.165) is 12.1 Å². The summed E-state index contributed by atoms with van der Waals surface area (Å²) in [5.41, 5.74) is 0.300. The molecule has 2 rings (SSSR count). The maximum absolute atomic E-state index is 13.7.